The number of ether oxygens (including phenoxy) is 4. The van der Waals surface area contributed by atoms with Gasteiger partial charge in [0, 0.05) is 9.15 Å². The molecule has 0 saturated heterocycles. The van der Waals surface area contributed by atoms with Gasteiger partial charge < -0.3 is 4.74 Å². The summed E-state index contributed by atoms with van der Waals surface area (Å²) in [6, 6.07) is -0.739. The highest BCUT2D eigenvalue weighted by atomic mass is 20.0. The smallest absolute Gasteiger partial charge is 0.315 e. The van der Waals surface area contributed by atoms with Crippen molar-refractivity contribution in [3.63, 3.8) is 0 Å². The highest BCUT2D eigenvalue weighted by molar-refractivity contribution is 5.01. The summed E-state index contributed by atoms with van der Waals surface area (Å²) in [4.78, 5) is 0. The lowest BCUT2D eigenvalue weighted by atomic mass is 10.2. The van der Waals surface area contributed by atoms with Crippen LogP contribution in [0.2, 0.25) is 0 Å². The molecule has 54 heavy (non-hydrogen) atoms. The van der Waals surface area contributed by atoms with Crippen molar-refractivity contribution in [2.24, 2.45) is 0 Å². The average Bonchev–Trinajstić information content (AvgIpc) is 2.98. The van der Waals surface area contributed by atoms with Gasteiger partial charge in [-0.25, -0.2) is 26.3 Å². The second-order valence-electron chi connectivity index (χ2n) is 6.44. The van der Waals surface area contributed by atoms with E-state index in [1.807, 2.05) is 4.74 Å². The SMILES string of the molecule is C.C.C.C.CCF.CF.FCF.FF.N#CC(F)(F)C(F)(F)OC(F)(C(F)(F)F)C(F)(F)OCF.N#CC(F)(OC(OCF)C(F)(F)C(F)F)C(F)(F)F. The Hall–Kier alpha value is -3.00. The lowest BCUT2D eigenvalue weighted by Crippen LogP contribution is -2.63. The lowest BCUT2D eigenvalue weighted by Gasteiger charge is -2.36. The Kier molecular flexibility index (Phi) is 45.3. The van der Waals surface area contributed by atoms with Crippen molar-refractivity contribution >= 4 is 0 Å². The molecule has 6 nitrogen and oxygen atoms in total. The number of nitrogens with zero attached hydrogens (tertiary/aromatic N) is 2. The van der Waals surface area contributed by atoms with Crippen LogP contribution >= 0.6 is 0 Å². The molecule has 0 radical (unpaired) electrons. The van der Waals surface area contributed by atoms with Gasteiger partial charge in [0.15, 0.2) is 13.7 Å². The molecule has 0 amide bonds. The van der Waals surface area contributed by atoms with Crippen LogP contribution in [0.1, 0.15) is 36.6 Å². The van der Waals surface area contributed by atoms with Gasteiger partial charge in [-0.3, -0.25) is 23.0 Å². The average molecular weight is 882 g/mol. The number of halogens is 26. The maximum Gasteiger partial charge on any atom is 0.463 e. The van der Waals surface area contributed by atoms with Crippen LogP contribution in [-0.2, 0) is 18.9 Å². The van der Waals surface area contributed by atoms with Crippen molar-refractivity contribution in [3.8, 4) is 12.1 Å². The molecule has 0 aliphatic rings. The summed E-state index contributed by atoms with van der Waals surface area (Å²) in [5.74, 6) is -23.8. The fraction of sp³-hybridized carbons (Fsp3) is 0.909. The number of rotatable bonds is 12. The van der Waals surface area contributed by atoms with Crippen molar-refractivity contribution in [3.05, 3.63) is 0 Å². The Balaban J connectivity index is -0.0000000680. The second kappa shape index (κ2) is 32.3. The molecule has 0 N–H and O–H groups in total. The first kappa shape index (κ1) is 75.8. The molecule has 0 aromatic carbocycles. The minimum atomic E-state index is -7.04. The van der Waals surface area contributed by atoms with E-state index >= 15 is 0 Å². The zero-order valence-electron chi connectivity index (χ0n) is 23.3. The minimum Gasteiger partial charge on any atom is -0.315 e. The summed E-state index contributed by atoms with van der Waals surface area (Å²) in [5, 5.41) is 15.5. The van der Waals surface area contributed by atoms with Gasteiger partial charge in [0.1, 0.15) is 12.1 Å². The molecule has 0 spiro atoms. The van der Waals surface area contributed by atoms with Crippen LogP contribution in [0.3, 0.4) is 0 Å². The molecule has 0 aromatic rings. The third kappa shape index (κ3) is 23.7. The number of alkyl halides is 24. The molecule has 0 aliphatic heterocycles. The van der Waals surface area contributed by atoms with Gasteiger partial charge in [-0.1, -0.05) is 29.7 Å². The molecular weight excluding hydrogens is 850 g/mol. The van der Waals surface area contributed by atoms with Gasteiger partial charge >= 0.3 is 54.5 Å². The van der Waals surface area contributed by atoms with E-state index in [1.165, 1.54) is 6.92 Å². The second-order valence-corrected chi connectivity index (χ2v) is 6.44. The van der Waals surface area contributed by atoms with E-state index < -0.39 is 87.6 Å². The van der Waals surface area contributed by atoms with Gasteiger partial charge in [-0.05, 0) is 6.92 Å². The topological polar surface area (TPSA) is 84.5 Å². The van der Waals surface area contributed by atoms with E-state index in [1.54, 1.807) is 0 Å². The first-order valence-corrected chi connectivity index (χ1v) is 10.4. The third-order valence-corrected chi connectivity index (χ3v) is 3.35. The molecule has 0 saturated carbocycles. The molecular formula is C22H32F26N2O4. The van der Waals surface area contributed by atoms with Crippen LogP contribution in [0, 0.1) is 22.7 Å². The maximum atomic E-state index is 13.1. The van der Waals surface area contributed by atoms with E-state index in [9.17, 15) is 105 Å². The molecule has 3 unspecified atom stereocenters. The zero-order valence-corrected chi connectivity index (χ0v) is 23.3. The number of nitriles is 2. The molecule has 3 atom stereocenters. The van der Waals surface area contributed by atoms with E-state index in [-0.39, 0.29) is 42.5 Å². The van der Waals surface area contributed by atoms with E-state index in [0.29, 0.717) is 7.18 Å². The first-order chi connectivity index (χ1) is 22.3. The van der Waals surface area contributed by atoms with E-state index in [0.717, 1.165) is 0 Å². The summed E-state index contributed by atoms with van der Waals surface area (Å²) >= 11 is 0. The Morgan fingerprint density at radius 2 is 0.926 bits per heavy atom. The summed E-state index contributed by atoms with van der Waals surface area (Å²) in [6.45, 7) is -5.61. The first-order valence-electron chi connectivity index (χ1n) is 10.4. The predicted octanol–water partition coefficient (Wildman–Crippen LogP) is 12.3. The van der Waals surface area contributed by atoms with Crippen LogP contribution in [-0.4, -0.2) is 95.3 Å². The van der Waals surface area contributed by atoms with Gasteiger partial charge in [0.2, 0.25) is 13.2 Å². The van der Waals surface area contributed by atoms with Crippen LogP contribution in [0.25, 0.3) is 0 Å². The van der Waals surface area contributed by atoms with Crippen LogP contribution < -0.4 is 0 Å². The Morgan fingerprint density at radius 1 is 0.593 bits per heavy atom. The summed E-state index contributed by atoms with van der Waals surface area (Å²) in [6.07, 6.45) is -34.8. The fourth-order valence-electron chi connectivity index (χ4n) is 1.44. The van der Waals surface area contributed by atoms with Crippen LogP contribution in [0.4, 0.5) is 115 Å². The summed E-state index contributed by atoms with van der Waals surface area (Å²) < 4.78 is 311. The predicted molar refractivity (Wildman–Crippen MR) is 132 cm³/mol. The third-order valence-electron chi connectivity index (χ3n) is 3.35. The van der Waals surface area contributed by atoms with Gasteiger partial charge in [0.25, 0.3) is 0 Å². The molecule has 0 bridgehead atoms. The highest BCUT2D eigenvalue weighted by Crippen LogP contribution is 2.51. The van der Waals surface area contributed by atoms with Crippen molar-refractivity contribution in [2.75, 3.05) is 34.5 Å². The molecule has 0 rings (SSSR count). The molecule has 32 heteroatoms. The summed E-state index contributed by atoms with van der Waals surface area (Å²) in [5.41, 5.74) is 0. The van der Waals surface area contributed by atoms with Crippen molar-refractivity contribution in [1.82, 2.24) is 0 Å². The minimum absolute atomic E-state index is 0. The van der Waals surface area contributed by atoms with Crippen LogP contribution in [0.15, 0.2) is 0 Å². The normalized spacial score (nSPS) is 13.9. The van der Waals surface area contributed by atoms with Crippen molar-refractivity contribution < 1.29 is 133 Å². The quantitative estimate of drug-likeness (QED) is 0.143. The van der Waals surface area contributed by atoms with Gasteiger partial charge in [-0.15, -0.1) is 0 Å². The van der Waals surface area contributed by atoms with Crippen LogP contribution in [0.5, 0.6) is 0 Å². The standard InChI is InChI=1S/C7H2F11NO2.C7H4F9NO2.C2H5F.CH2F2.CH3F.4CH4.F2/c8-2-20-7(17,18)4(11,5(12,13)14)21-6(15,16)3(9,10)1-19;8-2-18-4(6(12,13)3(9)10)19-5(11,1-17)7(14,15)16;1-2-3;2-1-3;1-2;;;;;1-2/h2H2;3-4H,2H2;2H2,1H3;1H2;1H3;4*1H4;. The van der Waals surface area contributed by atoms with Crippen molar-refractivity contribution in [1.29, 1.82) is 10.5 Å². The van der Waals surface area contributed by atoms with E-state index in [2.05, 4.69) is 14.2 Å². The maximum absolute atomic E-state index is 13.1. The molecule has 0 fully saturated rings. The number of hydrogen-bond acceptors (Lipinski definition) is 6. The van der Waals surface area contributed by atoms with Crippen molar-refractivity contribution in [2.45, 2.75) is 97.5 Å². The Bertz CT molecular complexity index is 941. The highest BCUT2D eigenvalue weighted by Gasteiger charge is 2.80. The fourth-order valence-corrected chi connectivity index (χ4v) is 1.44. The Morgan fingerprint density at radius 3 is 1.13 bits per heavy atom. The molecule has 336 valence electrons. The molecule has 0 aromatic heterocycles. The largest absolute Gasteiger partial charge is 0.463 e. The van der Waals surface area contributed by atoms with E-state index in [4.69, 9.17) is 19.7 Å². The molecule has 0 aliphatic carbocycles. The van der Waals surface area contributed by atoms with Gasteiger partial charge in [-0.2, -0.15) is 80.8 Å². The summed E-state index contributed by atoms with van der Waals surface area (Å²) in [7, 11) is 0.500. The lowest BCUT2D eigenvalue weighted by molar-refractivity contribution is -0.516. The Labute approximate surface area is 289 Å². The van der Waals surface area contributed by atoms with Gasteiger partial charge in [0.05, 0.1) is 13.9 Å². The monoisotopic (exact) mass is 882 g/mol. The molecule has 0 heterocycles. The zero-order chi connectivity index (χ0) is 42.2. The number of hydrogen-bond donors (Lipinski definition) is 0.